The SMILES string of the molecule is COc1cc2nn(C3CCC4(CC3)COC(=O)N4C)cc2cc1Br. The summed E-state index contributed by atoms with van der Waals surface area (Å²) in [4.78, 5) is 13.5. The summed E-state index contributed by atoms with van der Waals surface area (Å²) in [6, 6.07) is 4.35. The summed E-state index contributed by atoms with van der Waals surface area (Å²) in [5, 5.41) is 5.84. The molecular formula is C17H20BrN3O3. The first-order chi connectivity index (χ1) is 11.5. The van der Waals surface area contributed by atoms with E-state index in [1.54, 1.807) is 12.0 Å². The molecule has 1 saturated carbocycles. The zero-order valence-corrected chi connectivity index (χ0v) is 15.4. The number of cyclic esters (lactones) is 1. The number of rotatable bonds is 2. The first-order valence-electron chi connectivity index (χ1n) is 8.15. The van der Waals surface area contributed by atoms with Crippen LogP contribution in [0.1, 0.15) is 31.7 Å². The van der Waals surface area contributed by atoms with Gasteiger partial charge in [-0.25, -0.2) is 4.79 Å². The predicted molar refractivity (Wildman–Crippen MR) is 93.3 cm³/mol. The van der Waals surface area contributed by atoms with Crippen LogP contribution in [0.2, 0.25) is 0 Å². The molecule has 2 aliphatic rings. The van der Waals surface area contributed by atoms with Gasteiger partial charge in [0.05, 0.1) is 28.7 Å². The standard InChI is InChI=1S/C17H20BrN3O3/c1-20-16(22)24-10-17(20)5-3-12(4-6-17)21-9-11-7-13(18)15(23-2)8-14(11)19-21/h7-9,12H,3-6,10H2,1-2H3. The van der Waals surface area contributed by atoms with Gasteiger partial charge in [-0.3, -0.25) is 4.68 Å². The second kappa shape index (κ2) is 5.65. The van der Waals surface area contributed by atoms with Crippen molar-refractivity contribution >= 4 is 32.9 Å². The van der Waals surface area contributed by atoms with Crippen LogP contribution >= 0.6 is 15.9 Å². The molecule has 4 rings (SSSR count). The van der Waals surface area contributed by atoms with E-state index in [0.717, 1.165) is 46.8 Å². The van der Waals surface area contributed by atoms with Gasteiger partial charge < -0.3 is 14.4 Å². The molecule has 0 N–H and O–H groups in total. The van der Waals surface area contributed by atoms with E-state index in [2.05, 4.69) is 26.8 Å². The van der Waals surface area contributed by atoms with Gasteiger partial charge in [-0.05, 0) is 47.7 Å². The lowest BCUT2D eigenvalue weighted by Gasteiger charge is -2.39. The molecule has 0 radical (unpaired) electrons. The highest BCUT2D eigenvalue weighted by atomic mass is 79.9. The molecular weight excluding hydrogens is 374 g/mol. The average Bonchev–Trinajstić information content (AvgIpc) is 3.11. The van der Waals surface area contributed by atoms with Crippen molar-refractivity contribution in [3.05, 3.63) is 22.8 Å². The van der Waals surface area contributed by atoms with Crippen molar-refractivity contribution in [1.82, 2.24) is 14.7 Å². The Balaban J connectivity index is 1.55. The van der Waals surface area contributed by atoms with E-state index in [-0.39, 0.29) is 11.6 Å². The van der Waals surface area contributed by atoms with Crippen molar-refractivity contribution in [3.63, 3.8) is 0 Å². The predicted octanol–water partition coefficient (Wildman–Crippen LogP) is 3.74. The van der Waals surface area contributed by atoms with Crippen LogP contribution in [0, 0.1) is 0 Å². The molecule has 6 nitrogen and oxygen atoms in total. The van der Waals surface area contributed by atoms with Crippen molar-refractivity contribution in [2.75, 3.05) is 20.8 Å². The summed E-state index contributed by atoms with van der Waals surface area (Å²) in [5.41, 5.74) is 0.818. The summed E-state index contributed by atoms with van der Waals surface area (Å²) < 4.78 is 13.6. The molecule has 2 fully saturated rings. The molecule has 1 aromatic carbocycles. The summed E-state index contributed by atoms with van der Waals surface area (Å²) >= 11 is 3.52. The Hall–Kier alpha value is -1.76. The lowest BCUT2D eigenvalue weighted by molar-refractivity contribution is 0.114. The summed E-state index contributed by atoms with van der Waals surface area (Å²) in [5.74, 6) is 0.790. The van der Waals surface area contributed by atoms with Crippen LogP contribution in [-0.4, -0.2) is 47.1 Å². The molecule has 24 heavy (non-hydrogen) atoms. The van der Waals surface area contributed by atoms with Crippen LogP contribution in [0.5, 0.6) is 5.75 Å². The molecule has 1 aliphatic carbocycles. The number of fused-ring (bicyclic) bond motifs is 1. The molecule has 0 atom stereocenters. The minimum Gasteiger partial charge on any atom is -0.495 e. The van der Waals surface area contributed by atoms with E-state index in [1.165, 1.54) is 0 Å². The van der Waals surface area contributed by atoms with E-state index >= 15 is 0 Å². The van der Waals surface area contributed by atoms with Gasteiger partial charge >= 0.3 is 6.09 Å². The number of nitrogens with zero attached hydrogens (tertiary/aromatic N) is 3. The number of halogens is 1. The van der Waals surface area contributed by atoms with Gasteiger partial charge in [0, 0.05) is 24.7 Å². The first-order valence-corrected chi connectivity index (χ1v) is 8.95. The second-order valence-corrected chi connectivity index (χ2v) is 7.58. The summed E-state index contributed by atoms with van der Waals surface area (Å²) in [6.45, 7) is 0.514. The smallest absolute Gasteiger partial charge is 0.410 e. The van der Waals surface area contributed by atoms with Crippen LogP contribution in [0.25, 0.3) is 10.9 Å². The monoisotopic (exact) mass is 393 g/mol. The Kier molecular flexibility index (Phi) is 3.71. The van der Waals surface area contributed by atoms with Crippen molar-refractivity contribution < 1.29 is 14.3 Å². The number of hydrogen-bond donors (Lipinski definition) is 0. The van der Waals surface area contributed by atoms with Crippen LogP contribution in [-0.2, 0) is 4.74 Å². The molecule has 1 aliphatic heterocycles. The van der Waals surface area contributed by atoms with E-state index in [0.29, 0.717) is 12.6 Å². The number of ether oxygens (including phenoxy) is 2. The zero-order chi connectivity index (χ0) is 16.9. The molecule has 7 heteroatoms. The molecule has 1 spiro atoms. The molecule has 2 heterocycles. The Labute approximate surface area is 148 Å². The molecule has 1 aromatic heterocycles. The number of likely N-dealkylation sites (N-methyl/N-ethyl adjacent to an activating group) is 1. The van der Waals surface area contributed by atoms with Gasteiger partial charge in [-0.15, -0.1) is 0 Å². The van der Waals surface area contributed by atoms with Gasteiger partial charge in [-0.1, -0.05) is 0 Å². The third-order valence-electron chi connectivity index (χ3n) is 5.51. The van der Waals surface area contributed by atoms with Gasteiger partial charge in [0.1, 0.15) is 12.4 Å². The van der Waals surface area contributed by atoms with Gasteiger partial charge in [-0.2, -0.15) is 5.10 Å². The Morgan fingerprint density at radius 2 is 2.12 bits per heavy atom. The first kappa shape index (κ1) is 15.7. The topological polar surface area (TPSA) is 56.6 Å². The lowest BCUT2D eigenvalue weighted by Crippen LogP contribution is -2.47. The molecule has 1 saturated heterocycles. The van der Waals surface area contributed by atoms with E-state index in [4.69, 9.17) is 14.6 Å². The lowest BCUT2D eigenvalue weighted by atomic mass is 9.79. The fraction of sp³-hybridized carbons (Fsp3) is 0.529. The molecule has 0 bridgehead atoms. The number of amides is 1. The van der Waals surface area contributed by atoms with E-state index in [1.807, 2.05) is 19.2 Å². The minimum atomic E-state index is -0.199. The van der Waals surface area contributed by atoms with Crippen LogP contribution in [0.3, 0.4) is 0 Å². The number of benzene rings is 1. The fourth-order valence-corrected chi connectivity index (χ4v) is 4.38. The van der Waals surface area contributed by atoms with Crippen LogP contribution in [0.4, 0.5) is 4.79 Å². The average molecular weight is 394 g/mol. The Morgan fingerprint density at radius 1 is 1.38 bits per heavy atom. The number of hydrogen-bond acceptors (Lipinski definition) is 4. The molecule has 128 valence electrons. The normalized spacial score (nSPS) is 27.0. The molecule has 0 unspecified atom stereocenters. The maximum Gasteiger partial charge on any atom is 0.410 e. The van der Waals surface area contributed by atoms with E-state index in [9.17, 15) is 4.79 Å². The number of carbonyl (C=O) groups is 1. The highest BCUT2D eigenvalue weighted by molar-refractivity contribution is 9.10. The number of carbonyl (C=O) groups excluding carboxylic acids is 1. The number of aromatic nitrogens is 2. The highest BCUT2D eigenvalue weighted by Crippen LogP contribution is 2.41. The van der Waals surface area contributed by atoms with Crippen molar-refractivity contribution in [2.24, 2.45) is 0 Å². The molecule has 1 amide bonds. The zero-order valence-electron chi connectivity index (χ0n) is 13.8. The van der Waals surface area contributed by atoms with Crippen molar-refractivity contribution in [3.8, 4) is 5.75 Å². The van der Waals surface area contributed by atoms with Crippen molar-refractivity contribution in [1.29, 1.82) is 0 Å². The second-order valence-electron chi connectivity index (χ2n) is 6.72. The molecule has 2 aromatic rings. The summed E-state index contributed by atoms with van der Waals surface area (Å²) in [6.07, 6.45) is 5.78. The largest absolute Gasteiger partial charge is 0.495 e. The summed E-state index contributed by atoms with van der Waals surface area (Å²) in [7, 11) is 3.51. The third-order valence-corrected chi connectivity index (χ3v) is 6.13. The number of methoxy groups -OCH3 is 1. The van der Waals surface area contributed by atoms with Crippen LogP contribution in [0.15, 0.2) is 22.8 Å². The fourth-order valence-electron chi connectivity index (χ4n) is 3.85. The van der Waals surface area contributed by atoms with Gasteiger partial charge in [0.2, 0.25) is 0 Å². The van der Waals surface area contributed by atoms with Crippen LogP contribution < -0.4 is 4.74 Å². The van der Waals surface area contributed by atoms with Crippen molar-refractivity contribution in [2.45, 2.75) is 37.3 Å². The van der Waals surface area contributed by atoms with E-state index < -0.39 is 0 Å². The van der Waals surface area contributed by atoms with Gasteiger partial charge in [0.25, 0.3) is 0 Å². The Bertz CT molecular complexity index is 796. The minimum absolute atomic E-state index is 0.119. The quantitative estimate of drug-likeness (QED) is 0.779. The third kappa shape index (κ3) is 2.37. The Morgan fingerprint density at radius 3 is 2.75 bits per heavy atom. The van der Waals surface area contributed by atoms with Gasteiger partial charge in [0.15, 0.2) is 0 Å². The maximum absolute atomic E-state index is 11.7. The highest BCUT2D eigenvalue weighted by Gasteiger charge is 2.47. The maximum atomic E-state index is 11.7.